The van der Waals surface area contributed by atoms with E-state index < -0.39 is 0 Å². The number of halogens is 2. The minimum Gasteiger partial charge on any atom is -0.456 e. The highest BCUT2D eigenvalue weighted by molar-refractivity contribution is 9.11. The van der Waals surface area contributed by atoms with Crippen LogP contribution in [0.4, 0.5) is 0 Å². The zero-order valence-corrected chi connectivity index (χ0v) is 15.0. The van der Waals surface area contributed by atoms with Crippen molar-refractivity contribution >= 4 is 37.8 Å². The van der Waals surface area contributed by atoms with Gasteiger partial charge in [-0.3, -0.25) is 10.2 Å². The first-order valence-corrected chi connectivity index (χ1v) is 8.34. The first-order valence-electron chi connectivity index (χ1n) is 6.76. The molecule has 1 aliphatic rings. The molecule has 6 heteroatoms. The lowest BCUT2D eigenvalue weighted by molar-refractivity contribution is -0.119. The zero-order chi connectivity index (χ0) is 15.7. The smallest absolute Gasteiger partial charge is 0.236 e. The van der Waals surface area contributed by atoms with Crippen molar-refractivity contribution in [2.75, 3.05) is 0 Å². The molecule has 1 atom stereocenters. The molecule has 3 rings (SSSR count). The fraction of sp³-hybridized carbons (Fsp3) is 0.188. The second kappa shape index (κ2) is 6.02. The Morgan fingerprint density at radius 3 is 2.45 bits per heavy atom. The van der Waals surface area contributed by atoms with E-state index in [-0.39, 0.29) is 11.4 Å². The number of rotatable bonds is 3. The van der Waals surface area contributed by atoms with Gasteiger partial charge in [-0.2, -0.15) is 0 Å². The van der Waals surface area contributed by atoms with Gasteiger partial charge in [-0.25, -0.2) is 5.43 Å². The Hall–Kier alpha value is -1.37. The molecule has 0 aliphatic carbocycles. The number of carbonyl (C=O) groups is 1. The summed E-state index contributed by atoms with van der Waals surface area (Å²) >= 11 is 6.89. The van der Waals surface area contributed by atoms with Crippen molar-refractivity contribution in [2.24, 2.45) is 0 Å². The van der Waals surface area contributed by atoms with Crippen LogP contribution in [0.1, 0.15) is 18.9 Å². The van der Waals surface area contributed by atoms with Crippen molar-refractivity contribution in [1.29, 1.82) is 0 Å². The van der Waals surface area contributed by atoms with Crippen LogP contribution in [-0.2, 0) is 10.3 Å². The third-order valence-electron chi connectivity index (χ3n) is 3.61. The van der Waals surface area contributed by atoms with Crippen molar-refractivity contribution in [3.05, 3.63) is 57.0 Å². The monoisotopic (exact) mass is 424 g/mol. The van der Waals surface area contributed by atoms with Gasteiger partial charge >= 0.3 is 0 Å². The maximum absolute atomic E-state index is 11.4. The Labute approximate surface area is 145 Å². The van der Waals surface area contributed by atoms with E-state index in [4.69, 9.17) is 4.74 Å². The van der Waals surface area contributed by atoms with E-state index in [9.17, 15) is 4.79 Å². The Morgan fingerprint density at radius 2 is 1.86 bits per heavy atom. The van der Waals surface area contributed by atoms with Crippen LogP contribution in [0.5, 0.6) is 11.5 Å². The summed E-state index contributed by atoms with van der Waals surface area (Å²) in [7, 11) is 0. The van der Waals surface area contributed by atoms with Crippen LogP contribution in [-0.4, -0.2) is 5.91 Å². The van der Waals surface area contributed by atoms with Gasteiger partial charge < -0.3 is 4.74 Å². The highest BCUT2D eigenvalue weighted by Gasteiger charge is 2.35. The Kier molecular flexibility index (Phi) is 4.25. The van der Waals surface area contributed by atoms with Gasteiger partial charge in [0.1, 0.15) is 11.5 Å². The average molecular weight is 426 g/mol. The molecule has 0 bridgehead atoms. The topological polar surface area (TPSA) is 50.4 Å². The summed E-state index contributed by atoms with van der Waals surface area (Å²) in [6.07, 6.45) is 0.422. The van der Waals surface area contributed by atoms with E-state index in [0.717, 1.165) is 26.0 Å². The van der Waals surface area contributed by atoms with Gasteiger partial charge in [-0.05, 0) is 58.7 Å². The second-order valence-corrected chi connectivity index (χ2v) is 7.15. The normalized spacial score (nSPS) is 20.8. The van der Waals surface area contributed by atoms with Crippen LogP contribution < -0.4 is 15.6 Å². The molecule has 2 N–H and O–H groups in total. The van der Waals surface area contributed by atoms with E-state index >= 15 is 0 Å². The lowest BCUT2D eigenvalue weighted by Gasteiger charge is -2.22. The first kappa shape index (κ1) is 15.5. The van der Waals surface area contributed by atoms with Crippen molar-refractivity contribution < 1.29 is 9.53 Å². The molecule has 1 unspecified atom stereocenters. The molecular weight excluding hydrogens is 412 g/mol. The van der Waals surface area contributed by atoms with E-state index in [0.29, 0.717) is 6.42 Å². The summed E-state index contributed by atoms with van der Waals surface area (Å²) in [5, 5.41) is 0. The van der Waals surface area contributed by atoms with Crippen molar-refractivity contribution in [1.82, 2.24) is 10.9 Å². The maximum Gasteiger partial charge on any atom is 0.236 e. The lowest BCUT2D eigenvalue weighted by atomic mass is 9.90. The zero-order valence-electron chi connectivity index (χ0n) is 11.8. The summed E-state index contributed by atoms with van der Waals surface area (Å²) in [5.41, 5.74) is 6.33. The molecular formula is C16H14Br2N2O2. The van der Waals surface area contributed by atoms with Gasteiger partial charge in [0.2, 0.25) is 5.91 Å². The molecule has 0 aromatic heterocycles. The quantitative estimate of drug-likeness (QED) is 0.772. The number of ether oxygens (including phenoxy) is 1. The predicted octanol–water partition coefficient (Wildman–Crippen LogP) is 4.24. The van der Waals surface area contributed by atoms with Crippen LogP contribution in [0, 0.1) is 0 Å². The molecule has 1 aliphatic heterocycles. The van der Waals surface area contributed by atoms with E-state index in [1.807, 2.05) is 49.4 Å². The summed E-state index contributed by atoms with van der Waals surface area (Å²) in [5.74, 6) is 1.49. The highest BCUT2D eigenvalue weighted by Crippen LogP contribution is 2.33. The highest BCUT2D eigenvalue weighted by atomic mass is 79.9. The number of amides is 1. The number of carbonyl (C=O) groups excluding carboxylic acids is 1. The van der Waals surface area contributed by atoms with Crippen molar-refractivity contribution in [3.8, 4) is 11.5 Å². The number of nitrogens with one attached hydrogen (secondary N) is 2. The van der Waals surface area contributed by atoms with Gasteiger partial charge in [0.25, 0.3) is 0 Å². The third kappa shape index (κ3) is 3.19. The SMILES string of the molecule is CC1(c2ccc(Oc3ccc(Br)cc3Br)cc2)CC(=O)NN1. The fourth-order valence-corrected chi connectivity index (χ4v) is 3.50. The molecule has 0 radical (unpaired) electrons. The Balaban J connectivity index is 1.78. The molecule has 0 spiro atoms. The van der Waals surface area contributed by atoms with E-state index in [1.54, 1.807) is 0 Å². The molecule has 4 nitrogen and oxygen atoms in total. The Morgan fingerprint density at radius 1 is 1.14 bits per heavy atom. The molecule has 1 fully saturated rings. The summed E-state index contributed by atoms with van der Waals surface area (Å²) in [6, 6.07) is 13.5. The summed E-state index contributed by atoms with van der Waals surface area (Å²) in [6.45, 7) is 1.99. The maximum atomic E-state index is 11.4. The van der Waals surface area contributed by atoms with E-state index in [1.165, 1.54) is 0 Å². The second-order valence-electron chi connectivity index (χ2n) is 5.38. The molecule has 114 valence electrons. The van der Waals surface area contributed by atoms with Crippen LogP contribution in [0.25, 0.3) is 0 Å². The minimum atomic E-state index is -0.381. The standard InChI is InChI=1S/C16H14Br2N2O2/c1-16(9-15(21)19-20-16)10-2-5-12(6-3-10)22-14-7-4-11(17)8-13(14)18/h2-8,20H,9H2,1H3,(H,19,21). The number of hydrazine groups is 1. The molecule has 0 saturated carbocycles. The minimum absolute atomic E-state index is 0.00150. The summed E-state index contributed by atoms with van der Waals surface area (Å²) in [4.78, 5) is 11.4. The third-order valence-corrected chi connectivity index (χ3v) is 4.72. The van der Waals surface area contributed by atoms with Crippen LogP contribution in [0.15, 0.2) is 51.4 Å². The summed E-state index contributed by atoms with van der Waals surface area (Å²) < 4.78 is 7.73. The first-order chi connectivity index (χ1) is 10.5. The molecule has 22 heavy (non-hydrogen) atoms. The van der Waals surface area contributed by atoms with Gasteiger partial charge in [0.15, 0.2) is 0 Å². The van der Waals surface area contributed by atoms with Crippen molar-refractivity contribution in [2.45, 2.75) is 18.9 Å². The number of hydrogen-bond donors (Lipinski definition) is 2. The van der Waals surface area contributed by atoms with Gasteiger partial charge in [0.05, 0.1) is 16.4 Å². The van der Waals surface area contributed by atoms with Gasteiger partial charge in [-0.15, -0.1) is 0 Å². The van der Waals surface area contributed by atoms with Crippen molar-refractivity contribution in [3.63, 3.8) is 0 Å². The predicted molar refractivity (Wildman–Crippen MR) is 91.6 cm³/mol. The average Bonchev–Trinajstić information content (AvgIpc) is 2.83. The van der Waals surface area contributed by atoms with Gasteiger partial charge in [0, 0.05) is 4.47 Å². The largest absolute Gasteiger partial charge is 0.456 e. The van der Waals surface area contributed by atoms with Crippen LogP contribution in [0.2, 0.25) is 0 Å². The lowest BCUT2D eigenvalue weighted by Crippen LogP contribution is -2.38. The molecule has 1 heterocycles. The molecule has 1 saturated heterocycles. The fourth-order valence-electron chi connectivity index (χ4n) is 2.37. The molecule has 2 aromatic carbocycles. The van der Waals surface area contributed by atoms with Crippen LogP contribution >= 0.6 is 31.9 Å². The van der Waals surface area contributed by atoms with E-state index in [2.05, 4.69) is 42.7 Å². The molecule has 2 aromatic rings. The molecule has 1 amide bonds. The number of hydrogen-bond acceptors (Lipinski definition) is 3. The van der Waals surface area contributed by atoms with Gasteiger partial charge in [-0.1, -0.05) is 28.1 Å². The number of benzene rings is 2. The van der Waals surface area contributed by atoms with Crippen LogP contribution in [0.3, 0.4) is 0 Å². The Bertz CT molecular complexity index is 719.